The van der Waals surface area contributed by atoms with Crippen LogP contribution in [0.3, 0.4) is 0 Å². The van der Waals surface area contributed by atoms with Gasteiger partial charge in [-0.25, -0.2) is 4.79 Å². The number of ether oxygens (including phenoxy) is 1. The van der Waals surface area contributed by atoms with E-state index in [0.29, 0.717) is 27.1 Å². The van der Waals surface area contributed by atoms with Crippen molar-refractivity contribution in [2.45, 2.75) is 6.42 Å². The van der Waals surface area contributed by atoms with Gasteiger partial charge in [-0.05, 0) is 41.6 Å². The number of carbonyl (C=O) groups is 4. The Bertz CT molecular complexity index is 1160. The summed E-state index contributed by atoms with van der Waals surface area (Å²) < 4.78 is 6.83. The van der Waals surface area contributed by atoms with Crippen LogP contribution in [0.15, 0.2) is 41.9 Å². The lowest BCUT2D eigenvalue weighted by molar-refractivity contribution is -0.147. The first-order chi connectivity index (χ1) is 14.3. The van der Waals surface area contributed by atoms with Crippen LogP contribution in [-0.2, 0) is 16.0 Å². The first-order valence-corrected chi connectivity index (χ1v) is 10.1. The summed E-state index contributed by atoms with van der Waals surface area (Å²) in [6.07, 6.45) is 1.72. The molecule has 0 N–H and O–H groups in total. The van der Waals surface area contributed by atoms with Crippen LogP contribution in [0.1, 0.15) is 15.2 Å². The summed E-state index contributed by atoms with van der Waals surface area (Å²) in [5.74, 6) is -1.76. The highest BCUT2D eigenvalue weighted by Gasteiger charge is 2.42. The Morgan fingerprint density at radius 1 is 1.10 bits per heavy atom. The summed E-state index contributed by atoms with van der Waals surface area (Å²) in [6.45, 7) is 0. The summed E-state index contributed by atoms with van der Waals surface area (Å²) in [5, 5.41) is 2.53. The van der Waals surface area contributed by atoms with Crippen LogP contribution >= 0.6 is 11.3 Å². The van der Waals surface area contributed by atoms with Crippen molar-refractivity contribution in [1.29, 1.82) is 0 Å². The number of methoxy groups -OCH3 is 1. The van der Waals surface area contributed by atoms with Crippen molar-refractivity contribution in [3.63, 3.8) is 0 Å². The van der Waals surface area contributed by atoms with Gasteiger partial charge in [0.25, 0.3) is 5.91 Å². The van der Waals surface area contributed by atoms with Crippen LogP contribution in [0.5, 0.6) is 5.75 Å². The van der Waals surface area contributed by atoms with Gasteiger partial charge in [0, 0.05) is 25.7 Å². The summed E-state index contributed by atoms with van der Waals surface area (Å²) >= 11 is 1.33. The summed E-state index contributed by atoms with van der Waals surface area (Å²) in [4.78, 5) is 52.8. The molecule has 1 aromatic carbocycles. The number of hydrogen-bond donors (Lipinski definition) is 0. The molecule has 1 aliphatic heterocycles. The van der Waals surface area contributed by atoms with Gasteiger partial charge in [-0.2, -0.15) is 0 Å². The van der Waals surface area contributed by atoms with Gasteiger partial charge in [-0.15, -0.1) is 11.3 Å². The number of nitrogens with zero attached hydrogens (tertiary/aromatic N) is 3. The summed E-state index contributed by atoms with van der Waals surface area (Å²) in [7, 11) is 4.25. The van der Waals surface area contributed by atoms with Gasteiger partial charge in [0.2, 0.25) is 11.8 Å². The highest BCUT2D eigenvalue weighted by molar-refractivity contribution is 7.12. The van der Waals surface area contributed by atoms with Gasteiger partial charge in [0.15, 0.2) is 0 Å². The summed E-state index contributed by atoms with van der Waals surface area (Å²) in [5.41, 5.74) is 1.30. The third-order valence-corrected chi connectivity index (χ3v) is 6.16. The first kappa shape index (κ1) is 19.8. The second kappa shape index (κ2) is 7.42. The lowest BCUT2D eigenvalue weighted by Crippen LogP contribution is -2.57. The van der Waals surface area contributed by atoms with E-state index in [2.05, 4.69) is 0 Å². The third kappa shape index (κ3) is 3.07. The van der Waals surface area contributed by atoms with Crippen LogP contribution in [0, 0.1) is 5.92 Å². The molecule has 0 spiro atoms. The quantitative estimate of drug-likeness (QED) is 0.600. The molecule has 3 aromatic rings. The van der Waals surface area contributed by atoms with Crippen molar-refractivity contribution in [3.05, 3.63) is 52.3 Å². The average Bonchev–Trinajstić information content (AvgIpc) is 3.41. The molecule has 3 heterocycles. The zero-order chi connectivity index (χ0) is 21.6. The van der Waals surface area contributed by atoms with E-state index in [1.165, 1.54) is 30.0 Å². The highest BCUT2D eigenvalue weighted by atomic mass is 32.1. The number of thiophene rings is 1. The first-order valence-electron chi connectivity index (χ1n) is 9.18. The molecular formula is C21H19N3O5S. The number of carbonyl (C=O) groups excluding carboxylic acids is 4. The van der Waals surface area contributed by atoms with E-state index in [-0.39, 0.29) is 12.3 Å². The molecule has 154 valence electrons. The molecule has 0 unspecified atom stereocenters. The largest absolute Gasteiger partial charge is 0.497 e. The van der Waals surface area contributed by atoms with Crippen molar-refractivity contribution < 1.29 is 23.9 Å². The van der Waals surface area contributed by atoms with Gasteiger partial charge in [0.1, 0.15) is 11.7 Å². The summed E-state index contributed by atoms with van der Waals surface area (Å²) in [6, 6.07) is 8.19. The Morgan fingerprint density at radius 2 is 1.80 bits per heavy atom. The Balaban J connectivity index is 1.80. The van der Waals surface area contributed by atoms with Crippen molar-refractivity contribution in [2.24, 2.45) is 5.92 Å². The van der Waals surface area contributed by atoms with Crippen LogP contribution in [0.4, 0.5) is 4.79 Å². The van der Waals surface area contributed by atoms with Crippen LogP contribution in [0.2, 0.25) is 0 Å². The molecule has 1 fully saturated rings. The van der Waals surface area contributed by atoms with Gasteiger partial charge < -0.3 is 4.74 Å². The molecule has 30 heavy (non-hydrogen) atoms. The topological polar surface area (TPSA) is 88.9 Å². The van der Waals surface area contributed by atoms with E-state index < -0.39 is 23.8 Å². The number of amides is 4. The molecule has 4 amide bonds. The SMILES string of the molecule is COc1ccc2c(c1)c(CC1C(=O)N(C)C(=O)N(C)C1=O)cn2C(=O)c1cccs1. The molecule has 0 bridgehead atoms. The van der Waals surface area contributed by atoms with Crippen LogP contribution < -0.4 is 4.74 Å². The van der Waals surface area contributed by atoms with Crippen molar-refractivity contribution in [1.82, 2.24) is 14.4 Å². The molecule has 2 aromatic heterocycles. The van der Waals surface area contributed by atoms with Gasteiger partial charge in [-0.1, -0.05) is 6.07 Å². The Kier molecular flexibility index (Phi) is 4.90. The second-order valence-electron chi connectivity index (χ2n) is 7.02. The number of imide groups is 2. The zero-order valence-electron chi connectivity index (χ0n) is 16.6. The maximum absolute atomic E-state index is 13.0. The molecule has 0 radical (unpaired) electrons. The van der Waals surface area contributed by atoms with E-state index in [9.17, 15) is 19.2 Å². The maximum atomic E-state index is 13.0. The molecule has 4 rings (SSSR count). The minimum atomic E-state index is -1.04. The van der Waals surface area contributed by atoms with Crippen molar-refractivity contribution in [3.8, 4) is 5.75 Å². The number of barbiturate groups is 1. The fraction of sp³-hybridized carbons (Fsp3) is 0.238. The molecular weight excluding hydrogens is 406 g/mol. The Labute approximate surface area is 176 Å². The monoisotopic (exact) mass is 425 g/mol. The Morgan fingerprint density at radius 3 is 2.40 bits per heavy atom. The molecule has 0 saturated carbocycles. The van der Waals surface area contributed by atoms with E-state index >= 15 is 0 Å². The lowest BCUT2D eigenvalue weighted by atomic mass is 9.95. The smallest absolute Gasteiger partial charge is 0.332 e. The molecule has 8 nitrogen and oxygen atoms in total. The minimum absolute atomic E-state index is 0.0635. The Hall–Kier alpha value is -3.46. The van der Waals surface area contributed by atoms with E-state index in [4.69, 9.17) is 4.74 Å². The predicted molar refractivity (Wildman–Crippen MR) is 111 cm³/mol. The molecule has 1 saturated heterocycles. The minimum Gasteiger partial charge on any atom is -0.497 e. The zero-order valence-corrected chi connectivity index (χ0v) is 17.4. The number of rotatable bonds is 4. The highest BCUT2D eigenvalue weighted by Crippen LogP contribution is 2.30. The maximum Gasteiger partial charge on any atom is 0.332 e. The molecule has 1 aliphatic rings. The standard InChI is InChI=1S/C21H19N3O5S/c1-22-18(25)15(19(26)23(2)21(22)28)9-12-11-24(20(27)17-5-4-8-30-17)16-7-6-13(29-3)10-14(12)16/h4-8,10-11,15H,9H2,1-3H3. The normalized spacial score (nSPS) is 15.4. The van der Waals surface area contributed by atoms with Crippen molar-refractivity contribution >= 4 is 46.0 Å². The second-order valence-corrected chi connectivity index (χ2v) is 7.97. The lowest BCUT2D eigenvalue weighted by Gasteiger charge is -2.32. The van der Waals surface area contributed by atoms with E-state index in [0.717, 1.165) is 9.80 Å². The fourth-order valence-electron chi connectivity index (χ4n) is 3.64. The average molecular weight is 425 g/mol. The molecule has 0 aliphatic carbocycles. The number of benzene rings is 1. The van der Waals surface area contributed by atoms with Crippen molar-refractivity contribution in [2.75, 3.05) is 21.2 Å². The number of fused-ring (bicyclic) bond motifs is 1. The van der Waals surface area contributed by atoms with E-state index in [1.807, 2.05) is 5.38 Å². The number of aromatic nitrogens is 1. The molecule has 0 atom stereocenters. The van der Waals surface area contributed by atoms with Gasteiger partial charge in [-0.3, -0.25) is 28.8 Å². The third-order valence-electron chi connectivity index (χ3n) is 5.30. The predicted octanol–water partition coefficient (Wildman–Crippen LogP) is 2.61. The molecule has 9 heteroatoms. The van der Waals surface area contributed by atoms with Crippen LogP contribution in [0.25, 0.3) is 10.9 Å². The van der Waals surface area contributed by atoms with Crippen LogP contribution in [-0.4, -0.2) is 59.3 Å². The van der Waals surface area contributed by atoms with Gasteiger partial charge >= 0.3 is 6.03 Å². The number of hydrogen-bond acceptors (Lipinski definition) is 6. The number of urea groups is 1. The van der Waals surface area contributed by atoms with Gasteiger partial charge in [0.05, 0.1) is 17.5 Å². The van der Waals surface area contributed by atoms with E-state index in [1.54, 1.807) is 43.6 Å². The fourth-order valence-corrected chi connectivity index (χ4v) is 4.30.